The van der Waals surface area contributed by atoms with Crippen LogP contribution in [0.15, 0.2) is 60.7 Å². The third kappa shape index (κ3) is 3.70. The fourth-order valence-corrected chi connectivity index (χ4v) is 7.98. The summed E-state index contributed by atoms with van der Waals surface area (Å²) in [5, 5.41) is 4.76. The van der Waals surface area contributed by atoms with Crippen molar-refractivity contribution in [2.45, 2.75) is 56.4 Å². The number of nitrogens with zero attached hydrogens (tertiary/aromatic N) is 2. The number of amides is 1. The second-order valence-corrected chi connectivity index (χ2v) is 11.5. The monoisotopic (exact) mass is 471 g/mol. The number of hydrogen-bond donors (Lipinski definition) is 1. The first-order chi connectivity index (χ1) is 16.7. The van der Waals surface area contributed by atoms with Crippen molar-refractivity contribution in [3.05, 3.63) is 87.4 Å². The number of nitrogens with one attached hydrogen (secondary N) is 1. The van der Waals surface area contributed by atoms with Gasteiger partial charge in [-0.2, -0.15) is 0 Å². The summed E-state index contributed by atoms with van der Waals surface area (Å²) in [4.78, 5) is 22.9. The van der Waals surface area contributed by atoms with Crippen LogP contribution in [0.1, 0.15) is 64.3 Å². The molecule has 2 aliphatic heterocycles. The lowest BCUT2D eigenvalue weighted by molar-refractivity contribution is -0.141. The van der Waals surface area contributed by atoms with Crippen molar-refractivity contribution in [3.63, 3.8) is 0 Å². The zero-order valence-electron chi connectivity index (χ0n) is 19.9. The third-order valence-electron chi connectivity index (χ3n) is 8.39. The summed E-state index contributed by atoms with van der Waals surface area (Å²) in [6.07, 6.45) is 5.27. The maximum atomic E-state index is 14.4. The molecule has 4 atom stereocenters. The number of likely N-dealkylation sites (tertiary alicyclic amines) is 1. The van der Waals surface area contributed by atoms with Gasteiger partial charge in [0, 0.05) is 29.9 Å². The van der Waals surface area contributed by atoms with Gasteiger partial charge in [0.2, 0.25) is 5.91 Å². The van der Waals surface area contributed by atoms with Gasteiger partial charge >= 0.3 is 0 Å². The topological polar surface area (TPSA) is 45.2 Å². The summed E-state index contributed by atoms with van der Waals surface area (Å²) in [6, 6.07) is 21.7. The molecule has 1 aliphatic carbocycles. The minimum atomic E-state index is -0.0892. The Kier molecular flexibility index (Phi) is 5.78. The molecule has 1 amide bonds. The highest BCUT2D eigenvalue weighted by Crippen LogP contribution is 2.49. The Bertz CT molecular complexity index is 1160. The van der Waals surface area contributed by atoms with Crippen molar-refractivity contribution in [2.24, 2.45) is 5.92 Å². The van der Waals surface area contributed by atoms with E-state index in [4.69, 9.17) is 4.98 Å². The van der Waals surface area contributed by atoms with Crippen LogP contribution in [0.4, 0.5) is 0 Å². The number of carbonyl (C=O) groups excluding carboxylic acids is 1. The Morgan fingerprint density at radius 2 is 1.82 bits per heavy atom. The molecule has 0 bridgehead atoms. The highest BCUT2D eigenvalue weighted by molar-refractivity contribution is 7.11. The van der Waals surface area contributed by atoms with E-state index in [0.29, 0.717) is 11.8 Å². The van der Waals surface area contributed by atoms with Gasteiger partial charge in [-0.1, -0.05) is 60.7 Å². The van der Waals surface area contributed by atoms with E-state index in [0.717, 1.165) is 56.7 Å². The predicted molar refractivity (Wildman–Crippen MR) is 137 cm³/mol. The van der Waals surface area contributed by atoms with E-state index in [1.807, 2.05) is 11.3 Å². The molecule has 1 spiro atoms. The van der Waals surface area contributed by atoms with Crippen molar-refractivity contribution in [3.8, 4) is 0 Å². The molecule has 1 N–H and O–H groups in total. The minimum Gasteiger partial charge on any atom is -0.335 e. The van der Waals surface area contributed by atoms with E-state index in [9.17, 15) is 4.79 Å². The Morgan fingerprint density at radius 1 is 1.09 bits per heavy atom. The minimum absolute atomic E-state index is 0.00844. The number of aromatic nitrogens is 1. The molecule has 5 heteroatoms. The maximum Gasteiger partial charge on any atom is 0.228 e. The molecule has 0 radical (unpaired) electrons. The van der Waals surface area contributed by atoms with Crippen molar-refractivity contribution in [1.82, 2.24) is 15.2 Å². The number of thiazole rings is 1. The molecule has 2 aromatic carbocycles. The van der Waals surface area contributed by atoms with Crippen molar-refractivity contribution in [2.75, 3.05) is 19.6 Å². The van der Waals surface area contributed by atoms with E-state index in [-0.39, 0.29) is 17.4 Å². The number of carbonyl (C=O) groups is 1. The lowest BCUT2D eigenvalue weighted by atomic mass is 9.68. The van der Waals surface area contributed by atoms with Gasteiger partial charge in [-0.25, -0.2) is 4.98 Å². The molecule has 2 saturated heterocycles. The molecular formula is C29H33N3OS. The van der Waals surface area contributed by atoms with Gasteiger partial charge in [-0.05, 0) is 56.1 Å². The van der Waals surface area contributed by atoms with Gasteiger partial charge in [-0.3, -0.25) is 4.79 Å². The lowest BCUT2D eigenvalue weighted by Crippen LogP contribution is -2.50. The molecular weight excluding hydrogens is 438 g/mol. The molecule has 2 fully saturated rings. The highest BCUT2D eigenvalue weighted by Gasteiger charge is 2.53. The molecule has 3 aromatic rings. The summed E-state index contributed by atoms with van der Waals surface area (Å²) < 4.78 is 0. The fourth-order valence-electron chi connectivity index (χ4n) is 6.74. The zero-order chi connectivity index (χ0) is 23.1. The largest absolute Gasteiger partial charge is 0.335 e. The van der Waals surface area contributed by atoms with Crippen LogP contribution in [-0.2, 0) is 16.6 Å². The fraction of sp³-hybridized carbons (Fsp3) is 0.448. The van der Waals surface area contributed by atoms with E-state index in [2.05, 4.69) is 77.8 Å². The van der Waals surface area contributed by atoms with E-state index in [1.54, 1.807) is 0 Å². The second kappa shape index (κ2) is 8.94. The SMILES string of the molecule is Cc1nc2c(s1)[C@]1(CCC2)CNC[C@H]1C(=O)N1CC[C@@H](c2ccccc2)C[C@H]1c1ccccc1. The Balaban J connectivity index is 1.33. The molecule has 6 rings (SSSR count). The van der Waals surface area contributed by atoms with Crippen molar-refractivity contribution < 1.29 is 4.79 Å². The van der Waals surface area contributed by atoms with E-state index >= 15 is 0 Å². The molecule has 176 valence electrons. The standard InChI is InChI=1S/C29H33N3OS/c1-20-31-25-13-8-15-29(27(25)34-20)19-30-18-24(29)28(33)32-16-14-23(21-9-4-2-5-10-21)17-26(32)22-11-6-3-7-12-22/h2-7,9-12,23-24,26,30H,8,13-19H2,1H3/t23-,24+,26+,29-/m1/s1. The van der Waals surface area contributed by atoms with Gasteiger partial charge in [-0.15, -0.1) is 11.3 Å². The van der Waals surface area contributed by atoms with Crippen LogP contribution in [-0.4, -0.2) is 35.4 Å². The zero-order valence-corrected chi connectivity index (χ0v) is 20.7. The number of aryl methyl sites for hydroxylation is 2. The number of hydrogen-bond acceptors (Lipinski definition) is 4. The molecule has 1 aromatic heterocycles. The van der Waals surface area contributed by atoms with Crippen LogP contribution in [0.25, 0.3) is 0 Å². The Labute approximate surface area is 206 Å². The van der Waals surface area contributed by atoms with Crippen LogP contribution in [0.2, 0.25) is 0 Å². The number of benzene rings is 2. The van der Waals surface area contributed by atoms with Crippen LogP contribution in [0.5, 0.6) is 0 Å². The van der Waals surface area contributed by atoms with Crippen LogP contribution in [0.3, 0.4) is 0 Å². The first-order valence-corrected chi connectivity index (χ1v) is 13.6. The summed E-state index contributed by atoms with van der Waals surface area (Å²) in [5.41, 5.74) is 3.81. The highest BCUT2D eigenvalue weighted by atomic mass is 32.1. The van der Waals surface area contributed by atoms with Crippen LogP contribution >= 0.6 is 11.3 Å². The lowest BCUT2D eigenvalue weighted by Gasteiger charge is -2.44. The van der Waals surface area contributed by atoms with Gasteiger partial charge in [0.1, 0.15) is 0 Å². The van der Waals surface area contributed by atoms with Gasteiger partial charge in [0.05, 0.1) is 22.7 Å². The molecule has 3 heterocycles. The first kappa shape index (κ1) is 22.0. The average molecular weight is 472 g/mol. The Morgan fingerprint density at radius 3 is 2.59 bits per heavy atom. The molecule has 3 aliphatic rings. The molecule has 34 heavy (non-hydrogen) atoms. The maximum absolute atomic E-state index is 14.4. The molecule has 4 nitrogen and oxygen atoms in total. The van der Waals surface area contributed by atoms with Crippen molar-refractivity contribution in [1.29, 1.82) is 0 Å². The summed E-state index contributed by atoms with van der Waals surface area (Å²) in [5.74, 6) is 0.812. The summed E-state index contributed by atoms with van der Waals surface area (Å²) in [7, 11) is 0. The third-order valence-corrected chi connectivity index (χ3v) is 9.62. The van der Waals surface area contributed by atoms with Crippen LogP contribution in [0, 0.1) is 12.8 Å². The molecule has 0 unspecified atom stereocenters. The number of piperidine rings is 1. The van der Waals surface area contributed by atoms with Gasteiger partial charge < -0.3 is 10.2 Å². The van der Waals surface area contributed by atoms with Crippen LogP contribution < -0.4 is 5.32 Å². The van der Waals surface area contributed by atoms with Crippen molar-refractivity contribution >= 4 is 17.2 Å². The predicted octanol–water partition coefficient (Wildman–Crippen LogP) is 5.39. The molecule has 0 saturated carbocycles. The number of fused-ring (bicyclic) bond motifs is 2. The first-order valence-electron chi connectivity index (χ1n) is 12.7. The summed E-state index contributed by atoms with van der Waals surface area (Å²) >= 11 is 1.83. The average Bonchev–Trinajstić information content (AvgIpc) is 3.48. The second-order valence-electron chi connectivity index (χ2n) is 10.3. The normalized spacial score (nSPS) is 28.7. The quantitative estimate of drug-likeness (QED) is 0.557. The van der Waals surface area contributed by atoms with E-state index in [1.165, 1.54) is 21.7 Å². The number of rotatable bonds is 3. The summed E-state index contributed by atoms with van der Waals surface area (Å²) in [6.45, 7) is 4.60. The van der Waals surface area contributed by atoms with Gasteiger partial charge in [0.25, 0.3) is 0 Å². The van der Waals surface area contributed by atoms with E-state index < -0.39 is 0 Å². The smallest absolute Gasteiger partial charge is 0.228 e. The Hall–Kier alpha value is -2.50. The van der Waals surface area contributed by atoms with Gasteiger partial charge in [0.15, 0.2) is 0 Å².